The number of nitrogens with zero attached hydrogens (tertiary/aromatic N) is 2. The van der Waals surface area contributed by atoms with E-state index >= 15 is 0 Å². The second-order valence-corrected chi connectivity index (χ2v) is 6.14. The van der Waals surface area contributed by atoms with Crippen molar-refractivity contribution in [1.29, 1.82) is 0 Å². The van der Waals surface area contributed by atoms with E-state index in [1.807, 2.05) is 17.3 Å². The number of hydrogen-bond donors (Lipinski definition) is 1. The van der Waals surface area contributed by atoms with E-state index in [1.165, 1.54) is 12.0 Å². The number of amides is 1. The summed E-state index contributed by atoms with van der Waals surface area (Å²) in [5.41, 5.74) is 6.93. The molecule has 1 unspecified atom stereocenters. The number of thiophene rings is 1. The summed E-state index contributed by atoms with van der Waals surface area (Å²) in [6.45, 7) is 3.95. The summed E-state index contributed by atoms with van der Waals surface area (Å²) < 4.78 is 0. The van der Waals surface area contributed by atoms with Crippen LogP contribution in [0.4, 0.5) is 0 Å². The molecule has 1 aromatic heterocycles. The van der Waals surface area contributed by atoms with Crippen LogP contribution in [-0.4, -0.2) is 48.9 Å². The summed E-state index contributed by atoms with van der Waals surface area (Å²) in [6, 6.07) is 2.07. The third kappa shape index (κ3) is 4.30. The lowest BCUT2D eigenvalue weighted by molar-refractivity contribution is -0.132. The summed E-state index contributed by atoms with van der Waals surface area (Å²) in [5.74, 6) is 0.757. The number of carbonyl (C=O) groups is 1. The third-order valence-corrected chi connectivity index (χ3v) is 4.45. The Morgan fingerprint density at radius 1 is 1.63 bits per heavy atom. The Labute approximate surface area is 119 Å². The predicted molar refractivity (Wildman–Crippen MR) is 79.0 cm³/mol. The zero-order chi connectivity index (χ0) is 13.7. The molecule has 0 bridgehead atoms. The summed E-state index contributed by atoms with van der Waals surface area (Å²) >= 11 is 1.67. The third-order valence-electron chi connectivity index (χ3n) is 3.72. The quantitative estimate of drug-likeness (QED) is 0.887. The van der Waals surface area contributed by atoms with Crippen LogP contribution in [0.25, 0.3) is 0 Å². The van der Waals surface area contributed by atoms with Crippen molar-refractivity contribution < 1.29 is 4.79 Å². The fraction of sp³-hybridized carbons (Fsp3) is 0.643. The maximum Gasteiger partial charge on any atom is 0.236 e. The minimum atomic E-state index is 0.198. The molecule has 2 heterocycles. The normalized spacial score (nSPS) is 20.4. The molecule has 1 fully saturated rings. The lowest BCUT2D eigenvalue weighted by Gasteiger charge is -2.32. The minimum Gasteiger partial charge on any atom is -0.340 e. The second-order valence-electron chi connectivity index (χ2n) is 5.36. The minimum absolute atomic E-state index is 0.198. The Morgan fingerprint density at radius 3 is 3.16 bits per heavy atom. The molecule has 0 radical (unpaired) electrons. The molecule has 1 aliphatic rings. The monoisotopic (exact) mass is 281 g/mol. The maximum absolute atomic E-state index is 12.2. The molecule has 4 nitrogen and oxygen atoms in total. The first-order chi connectivity index (χ1) is 9.19. The first-order valence-electron chi connectivity index (χ1n) is 6.86. The molecule has 0 aliphatic carbocycles. The van der Waals surface area contributed by atoms with E-state index in [9.17, 15) is 4.79 Å². The van der Waals surface area contributed by atoms with Crippen molar-refractivity contribution >= 4 is 17.2 Å². The van der Waals surface area contributed by atoms with Gasteiger partial charge in [0.05, 0.1) is 6.54 Å². The molecule has 1 amide bonds. The Hall–Kier alpha value is -0.910. The van der Waals surface area contributed by atoms with Gasteiger partial charge in [-0.05, 0) is 54.2 Å². The number of rotatable bonds is 5. The highest BCUT2D eigenvalue weighted by Gasteiger charge is 2.21. The van der Waals surface area contributed by atoms with Crippen molar-refractivity contribution in [2.24, 2.45) is 11.7 Å². The van der Waals surface area contributed by atoms with Gasteiger partial charge in [-0.25, -0.2) is 0 Å². The first kappa shape index (κ1) is 14.5. The van der Waals surface area contributed by atoms with Crippen LogP contribution < -0.4 is 5.73 Å². The highest BCUT2D eigenvalue weighted by Crippen LogP contribution is 2.15. The summed E-state index contributed by atoms with van der Waals surface area (Å²) in [4.78, 5) is 16.2. The lowest BCUT2D eigenvalue weighted by atomic mass is 9.98. The van der Waals surface area contributed by atoms with E-state index in [1.54, 1.807) is 11.3 Å². The van der Waals surface area contributed by atoms with Gasteiger partial charge in [0, 0.05) is 20.1 Å². The largest absolute Gasteiger partial charge is 0.340 e. The van der Waals surface area contributed by atoms with Crippen LogP contribution in [0.1, 0.15) is 18.4 Å². The van der Waals surface area contributed by atoms with E-state index in [-0.39, 0.29) is 5.91 Å². The highest BCUT2D eigenvalue weighted by atomic mass is 32.1. The molecule has 106 valence electrons. The van der Waals surface area contributed by atoms with Gasteiger partial charge in [0.1, 0.15) is 0 Å². The van der Waals surface area contributed by atoms with Gasteiger partial charge in [-0.2, -0.15) is 11.3 Å². The molecular weight excluding hydrogens is 258 g/mol. The van der Waals surface area contributed by atoms with Gasteiger partial charge in [-0.3, -0.25) is 9.69 Å². The number of hydrogen-bond acceptors (Lipinski definition) is 4. The molecule has 2 N–H and O–H groups in total. The molecule has 0 spiro atoms. The van der Waals surface area contributed by atoms with Crippen molar-refractivity contribution in [2.45, 2.75) is 19.4 Å². The van der Waals surface area contributed by atoms with Gasteiger partial charge in [-0.15, -0.1) is 0 Å². The van der Waals surface area contributed by atoms with Gasteiger partial charge in [0.25, 0.3) is 0 Å². The van der Waals surface area contributed by atoms with Crippen LogP contribution >= 0.6 is 11.3 Å². The predicted octanol–water partition coefficient (Wildman–Crippen LogP) is 1.38. The van der Waals surface area contributed by atoms with Crippen LogP contribution in [0.5, 0.6) is 0 Å². The van der Waals surface area contributed by atoms with Crippen molar-refractivity contribution in [1.82, 2.24) is 9.80 Å². The number of nitrogens with two attached hydrogens (primary N) is 1. The van der Waals surface area contributed by atoms with Crippen molar-refractivity contribution in [3.8, 4) is 0 Å². The molecule has 2 rings (SSSR count). The van der Waals surface area contributed by atoms with Gasteiger partial charge >= 0.3 is 0 Å². The van der Waals surface area contributed by atoms with E-state index in [0.717, 1.165) is 26.1 Å². The van der Waals surface area contributed by atoms with Crippen LogP contribution in [-0.2, 0) is 11.3 Å². The smallest absolute Gasteiger partial charge is 0.236 e. The average molecular weight is 281 g/mol. The zero-order valence-electron chi connectivity index (χ0n) is 11.5. The topological polar surface area (TPSA) is 49.6 Å². The average Bonchev–Trinajstić information content (AvgIpc) is 2.91. The Morgan fingerprint density at radius 2 is 2.47 bits per heavy atom. The van der Waals surface area contributed by atoms with Crippen molar-refractivity contribution in [3.05, 3.63) is 22.4 Å². The molecule has 1 aliphatic heterocycles. The molecule has 1 saturated heterocycles. The lowest BCUT2D eigenvalue weighted by Crippen LogP contribution is -2.44. The molecule has 19 heavy (non-hydrogen) atoms. The van der Waals surface area contributed by atoms with Crippen molar-refractivity contribution in [2.75, 3.05) is 33.2 Å². The molecular formula is C14H23N3OS. The fourth-order valence-electron chi connectivity index (χ4n) is 2.54. The first-order valence-corrected chi connectivity index (χ1v) is 7.80. The van der Waals surface area contributed by atoms with Crippen molar-refractivity contribution in [3.63, 3.8) is 0 Å². The Bertz CT molecular complexity index is 393. The van der Waals surface area contributed by atoms with Crippen LogP contribution in [0, 0.1) is 5.92 Å². The van der Waals surface area contributed by atoms with E-state index < -0.39 is 0 Å². The molecule has 1 aromatic rings. The number of piperidine rings is 1. The maximum atomic E-state index is 12.2. The fourth-order valence-corrected chi connectivity index (χ4v) is 3.20. The highest BCUT2D eigenvalue weighted by molar-refractivity contribution is 7.07. The SMILES string of the molecule is CN(Cc1ccsc1)C(=O)CN1CCCC(CN)C1. The van der Waals surface area contributed by atoms with Gasteiger partial charge in [-0.1, -0.05) is 0 Å². The van der Waals surface area contributed by atoms with E-state index in [0.29, 0.717) is 19.0 Å². The Balaban J connectivity index is 1.79. The standard InChI is InChI=1S/C14H23N3OS/c1-16(8-13-4-6-19-11-13)14(18)10-17-5-2-3-12(7-15)9-17/h4,6,11-12H,2-3,5,7-10,15H2,1H3. The molecule has 0 saturated carbocycles. The van der Waals surface area contributed by atoms with Crippen LogP contribution in [0.2, 0.25) is 0 Å². The van der Waals surface area contributed by atoms with Gasteiger partial charge in [0.15, 0.2) is 0 Å². The van der Waals surface area contributed by atoms with Crippen LogP contribution in [0.15, 0.2) is 16.8 Å². The summed E-state index contributed by atoms with van der Waals surface area (Å²) in [6.07, 6.45) is 2.36. The number of carbonyl (C=O) groups excluding carboxylic acids is 1. The van der Waals surface area contributed by atoms with Crippen LogP contribution in [0.3, 0.4) is 0 Å². The van der Waals surface area contributed by atoms with E-state index in [4.69, 9.17) is 5.73 Å². The Kier molecular flexibility index (Phi) is 5.36. The van der Waals surface area contributed by atoms with Gasteiger partial charge in [0.2, 0.25) is 5.91 Å². The van der Waals surface area contributed by atoms with E-state index in [2.05, 4.69) is 16.3 Å². The molecule has 1 atom stereocenters. The molecule has 5 heteroatoms. The second kappa shape index (κ2) is 7.03. The number of likely N-dealkylation sites (tertiary alicyclic amines) is 1. The number of likely N-dealkylation sites (N-methyl/N-ethyl adjacent to an activating group) is 1. The zero-order valence-corrected chi connectivity index (χ0v) is 12.4. The van der Waals surface area contributed by atoms with Gasteiger partial charge < -0.3 is 10.6 Å². The summed E-state index contributed by atoms with van der Waals surface area (Å²) in [7, 11) is 1.88. The molecule has 0 aromatic carbocycles. The summed E-state index contributed by atoms with van der Waals surface area (Å²) in [5, 5.41) is 4.14.